The molecular weight excluding hydrogens is 266 g/mol. The number of hydrogen-bond donors (Lipinski definition) is 1. The highest BCUT2D eigenvalue weighted by molar-refractivity contribution is 7.99. The summed E-state index contributed by atoms with van der Waals surface area (Å²) in [6, 6.07) is 16.8. The highest BCUT2D eigenvalue weighted by atomic mass is 32.2. The summed E-state index contributed by atoms with van der Waals surface area (Å²) in [5, 5.41) is 0.239. The van der Waals surface area contributed by atoms with E-state index in [2.05, 4.69) is 50.2 Å². The maximum absolute atomic E-state index is 6.17. The van der Waals surface area contributed by atoms with Crippen LogP contribution in [-0.2, 0) is 0 Å². The molecule has 0 radical (unpaired) electrons. The van der Waals surface area contributed by atoms with Gasteiger partial charge >= 0.3 is 0 Å². The van der Waals surface area contributed by atoms with E-state index in [4.69, 9.17) is 10.5 Å². The molecule has 0 spiro atoms. The Morgan fingerprint density at radius 1 is 1.10 bits per heavy atom. The van der Waals surface area contributed by atoms with Crippen LogP contribution < -0.4 is 10.5 Å². The Hall–Kier alpha value is -1.45. The van der Waals surface area contributed by atoms with Gasteiger partial charge in [0.25, 0.3) is 0 Å². The summed E-state index contributed by atoms with van der Waals surface area (Å²) in [5.74, 6) is 0.873. The zero-order chi connectivity index (χ0) is 14.5. The zero-order valence-corrected chi connectivity index (χ0v) is 13.0. The van der Waals surface area contributed by atoms with E-state index in [1.54, 1.807) is 7.11 Å². The number of rotatable bonds is 5. The zero-order valence-electron chi connectivity index (χ0n) is 12.2. The molecule has 2 aromatic carbocycles. The maximum atomic E-state index is 6.17. The van der Waals surface area contributed by atoms with E-state index in [0.29, 0.717) is 0 Å². The van der Waals surface area contributed by atoms with E-state index in [0.717, 1.165) is 5.75 Å². The van der Waals surface area contributed by atoms with Crippen LogP contribution in [0.4, 0.5) is 0 Å². The van der Waals surface area contributed by atoms with Gasteiger partial charge in [-0.2, -0.15) is 0 Å². The molecule has 0 aliphatic heterocycles. The number of benzene rings is 2. The molecule has 3 heteroatoms. The Labute approximate surface area is 125 Å². The van der Waals surface area contributed by atoms with Gasteiger partial charge in [0.15, 0.2) is 0 Å². The largest absolute Gasteiger partial charge is 0.497 e. The second kappa shape index (κ2) is 6.82. The average Bonchev–Trinajstić information content (AvgIpc) is 2.45. The van der Waals surface area contributed by atoms with Crippen molar-refractivity contribution in [1.29, 1.82) is 0 Å². The summed E-state index contributed by atoms with van der Waals surface area (Å²) < 4.78 is 5.21. The van der Waals surface area contributed by atoms with Gasteiger partial charge in [0.1, 0.15) is 5.75 Å². The Kier molecular flexibility index (Phi) is 5.10. The molecule has 2 rings (SSSR count). The standard InChI is InChI=1S/C17H21NOS/c1-12-5-4-6-16(11-12)20-17(13(2)18)14-7-9-15(19-3)10-8-14/h4-11,13,17H,18H2,1-3H3. The second-order valence-corrected chi connectivity index (χ2v) is 6.20. The quantitative estimate of drug-likeness (QED) is 0.838. The Morgan fingerprint density at radius 3 is 2.35 bits per heavy atom. The minimum atomic E-state index is 0.0777. The third-order valence-corrected chi connectivity index (χ3v) is 4.66. The van der Waals surface area contributed by atoms with Gasteiger partial charge in [-0.25, -0.2) is 0 Å². The van der Waals surface area contributed by atoms with Gasteiger partial charge in [-0.05, 0) is 43.7 Å². The molecule has 0 fully saturated rings. The lowest BCUT2D eigenvalue weighted by atomic mass is 10.1. The van der Waals surface area contributed by atoms with Crippen LogP contribution in [0.5, 0.6) is 5.75 Å². The average molecular weight is 287 g/mol. The molecule has 0 heterocycles. The van der Waals surface area contributed by atoms with Crippen LogP contribution >= 0.6 is 11.8 Å². The minimum absolute atomic E-state index is 0.0777. The van der Waals surface area contributed by atoms with E-state index in [-0.39, 0.29) is 11.3 Å². The molecule has 0 aliphatic rings. The summed E-state index contributed by atoms with van der Waals surface area (Å²) in [7, 11) is 1.68. The fourth-order valence-corrected chi connectivity index (χ4v) is 3.32. The second-order valence-electron chi connectivity index (χ2n) is 4.99. The highest BCUT2D eigenvalue weighted by Crippen LogP contribution is 2.37. The fraction of sp³-hybridized carbons (Fsp3) is 0.294. The molecule has 2 unspecified atom stereocenters. The molecule has 106 valence electrons. The van der Waals surface area contributed by atoms with Crippen LogP contribution in [0.1, 0.15) is 23.3 Å². The van der Waals surface area contributed by atoms with Crippen LogP contribution in [0, 0.1) is 6.92 Å². The first-order valence-electron chi connectivity index (χ1n) is 6.73. The van der Waals surface area contributed by atoms with Crippen LogP contribution in [0.25, 0.3) is 0 Å². The molecule has 2 N–H and O–H groups in total. The van der Waals surface area contributed by atoms with E-state index in [1.165, 1.54) is 16.0 Å². The summed E-state index contributed by atoms with van der Waals surface area (Å²) in [6.07, 6.45) is 0. The van der Waals surface area contributed by atoms with Crippen molar-refractivity contribution in [2.24, 2.45) is 5.73 Å². The molecule has 2 aromatic rings. The number of nitrogens with two attached hydrogens (primary N) is 1. The molecule has 2 nitrogen and oxygen atoms in total. The first-order chi connectivity index (χ1) is 9.60. The summed E-state index contributed by atoms with van der Waals surface area (Å²) in [6.45, 7) is 4.16. The fourth-order valence-electron chi connectivity index (χ4n) is 2.11. The highest BCUT2D eigenvalue weighted by Gasteiger charge is 2.17. The Bertz CT molecular complexity index is 551. The van der Waals surface area contributed by atoms with Crippen molar-refractivity contribution >= 4 is 11.8 Å². The van der Waals surface area contributed by atoms with Gasteiger partial charge in [0.05, 0.1) is 7.11 Å². The van der Waals surface area contributed by atoms with Crippen molar-refractivity contribution in [2.75, 3.05) is 7.11 Å². The lowest BCUT2D eigenvalue weighted by Gasteiger charge is -2.21. The topological polar surface area (TPSA) is 35.2 Å². The van der Waals surface area contributed by atoms with E-state index in [1.807, 2.05) is 23.9 Å². The predicted molar refractivity (Wildman–Crippen MR) is 86.4 cm³/mol. The number of aryl methyl sites for hydroxylation is 1. The van der Waals surface area contributed by atoms with Crippen molar-refractivity contribution < 1.29 is 4.74 Å². The van der Waals surface area contributed by atoms with Gasteiger partial charge in [0, 0.05) is 16.2 Å². The minimum Gasteiger partial charge on any atom is -0.497 e. The first kappa shape index (κ1) is 14.9. The third-order valence-electron chi connectivity index (χ3n) is 3.17. The molecule has 0 aromatic heterocycles. The molecular formula is C17H21NOS. The van der Waals surface area contributed by atoms with Crippen molar-refractivity contribution in [3.05, 3.63) is 59.7 Å². The summed E-state index contributed by atoms with van der Waals surface area (Å²) in [4.78, 5) is 1.25. The number of thioether (sulfide) groups is 1. The number of hydrogen-bond acceptors (Lipinski definition) is 3. The molecule has 2 atom stereocenters. The molecule has 0 saturated heterocycles. The van der Waals surface area contributed by atoms with Gasteiger partial charge < -0.3 is 10.5 Å². The third kappa shape index (κ3) is 3.78. The van der Waals surface area contributed by atoms with Crippen LogP contribution in [0.3, 0.4) is 0 Å². The van der Waals surface area contributed by atoms with Crippen molar-refractivity contribution in [3.8, 4) is 5.75 Å². The molecule has 0 aliphatic carbocycles. The molecule has 0 bridgehead atoms. The normalized spacial score (nSPS) is 13.8. The SMILES string of the molecule is COc1ccc(C(Sc2cccc(C)c2)C(C)N)cc1. The predicted octanol–water partition coefficient (Wildman–Crippen LogP) is 4.18. The smallest absolute Gasteiger partial charge is 0.118 e. The summed E-state index contributed by atoms with van der Waals surface area (Å²) >= 11 is 1.81. The van der Waals surface area contributed by atoms with Crippen LogP contribution in [-0.4, -0.2) is 13.2 Å². The van der Waals surface area contributed by atoms with E-state index >= 15 is 0 Å². The molecule has 0 amide bonds. The number of methoxy groups -OCH3 is 1. The van der Waals surface area contributed by atoms with Gasteiger partial charge in [-0.1, -0.05) is 29.8 Å². The lowest BCUT2D eigenvalue weighted by molar-refractivity contribution is 0.414. The maximum Gasteiger partial charge on any atom is 0.118 e. The lowest BCUT2D eigenvalue weighted by Crippen LogP contribution is -2.22. The Balaban J connectivity index is 2.22. The van der Waals surface area contributed by atoms with Crippen molar-refractivity contribution in [2.45, 2.75) is 30.0 Å². The Morgan fingerprint density at radius 2 is 1.80 bits per heavy atom. The monoisotopic (exact) mass is 287 g/mol. The summed E-state index contributed by atoms with van der Waals surface area (Å²) in [5.41, 5.74) is 8.67. The van der Waals surface area contributed by atoms with Crippen molar-refractivity contribution in [1.82, 2.24) is 0 Å². The van der Waals surface area contributed by atoms with Crippen LogP contribution in [0.15, 0.2) is 53.4 Å². The van der Waals surface area contributed by atoms with Gasteiger partial charge in [-0.15, -0.1) is 11.8 Å². The van der Waals surface area contributed by atoms with E-state index in [9.17, 15) is 0 Å². The first-order valence-corrected chi connectivity index (χ1v) is 7.61. The van der Waals surface area contributed by atoms with Gasteiger partial charge in [0.2, 0.25) is 0 Å². The number of ether oxygens (including phenoxy) is 1. The van der Waals surface area contributed by atoms with Crippen molar-refractivity contribution in [3.63, 3.8) is 0 Å². The molecule has 20 heavy (non-hydrogen) atoms. The van der Waals surface area contributed by atoms with Crippen LogP contribution in [0.2, 0.25) is 0 Å². The molecule has 0 saturated carbocycles. The van der Waals surface area contributed by atoms with Gasteiger partial charge in [-0.3, -0.25) is 0 Å². The van der Waals surface area contributed by atoms with E-state index < -0.39 is 0 Å².